The maximum Gasteiger partial charge on any atom is 0.305 e. The molecular formula is C23H32N4O6S2. The second kappa shape index (κ2) is 14.0. The zero-order chi connectivity index (χ0) is 25.8. The van der Waals surface area contributed by atoms with E-state index in [1.165, 1.54) is 12.1 Å². The highest BCUT2D eigenvalue weighted by atomic mass is 32.2. The van der Waals surface area contributed by atoms with Crippen molar-refractivity contribution in [3.8, 4) is 0 Å². The van der Waals surface area contributed by atoms with Crippen LogP contribution in [0.25, 0.3) is 0 Å². The standard InChI is InChI=1S/C23H32N4O6S2/c1-3-33-23(28)10-7-14-26(2)15-13-18(17-34-19-8-5-4-6-9-19)25-21-12-11-20(35(24,31)32)16-22(21)27(29)30/h4-6,8-9,11-12,16,18,25H,3,7,10,13-15,17H2,1-2H3,(H2,24,31,32). The second-order valence-electron chi connectivity index (χ2n) is 7.95. The molecule has 0 aliphatic heterocycles. The van der Waals surface area contributed by atoms with Gasteiger partial charge >= 0.3 is 5.97 Å². The molecule has 3 N–H and O–H groups in total. The maximum absolute atomic E-state index is 11.6. The van der Waals surface area contributed by atoms with E-state index in [4.69, 9.17) is 9.88 Å². The van der Waals surface area contributed by atoms with Crippen molar-refractivity contribution in [2.24, 2.45) is 5.14 Å². The molecule has 12 heteroatoms. The molecule has 1 unspecified atom stereocenters. The van der Waals surface area contributed by atoms with Crippen molar-refractivity contribution in [3.63, 3.8) is 0 Å². The molecule has 0 aromatic heterocycles. The fraction of sp³-hybridized carbons (Fsp3) is 0.435. The molecule has 0 saturated carbocycles. The number of anilines is 1. The van der Waals surface area contributed by atoms with Gasteiger partial charge in [0.25, 0.3) is 5.69 Å². The van der Waals surface area contributed by atoms with Gasteiger partial charge in [-0.25, -0.2) is 13.6 Å². The fourth-order valence-electron chi connectivity index (χ4n) is 3.31. The summed E-state index contributed by atoms with van der Waals surface area (Å²) in [4.78, 5) is 25.4. The number of nitro benzene ring substituents is 1. The first kappa shape index (κ1) is 28.6. The minimum atomic E-state index is -4.07. The van der Waals surface area contributed by atoms with Crippen molar-refractivity contribution in [2.75, 3.05) is 37.8 Å². The van der Waals surface area contributed by atoms with Crippen LogP contribution >= 0.6 is 11.8 Å². The lowest BCUT2D eigenvalue weighted by Crippen LogP contribution is -2.30. The molecule has 0 bridgehead atoms. The molecular weight excluding hydrogens is 492 g/mol. The third-order valence-corrected chi connectivity index (χ3v) is 7.22. The van der Waals surface area contributed by atoms with E-state index >= 15 is 0 Å². The van der Waals surface area contributed by atoms with Gasteiger partial charge in [0.1, 0.15) is 5.69 Å². The van der Waals surface area contributed by atoms with E-state index in [0.29, 0.717) is 44.7 Å². The molecule has 192 valence electrons. The molecule has 2 aromatic rings. The molecule has 10 nitrogen and oxygen atoms in total. The summed E-state index contributed by atoms with van der Waals surface area (Å²) in [6, 6.07) is 13.3. The van der Waals surface area contributed by atoms with Crippen LogP contribution in [0.4, 0.5) is 11.4 Å². The molecule has 1 atom stereocenters. The molecule has 2 rings (SSSR count). The van der Waals surface area contributed by atoms with Crippen LogP contribution in [0.1, 0.15) is 26.2 Å². The number of hydrogen-bond acceptors (Lipinski definition) is 9. The van der Waals surface area contributed by atoms with E-state index in [-0.39, 0.29) is 28.3 Å². The predicted octanol–water partition coefficient (Wildman–Crippen LogP) is 3.48. The van der Waals surface area contributed by atoms with Crippen LogP contribution in [0, 0.1) is 10.1 Å². The molecule has 0 amide bonds. The Labute approximate surface area is 210 Å². The summed E-state index contributed by atoms with van der Waals surface area (Å²) in [5, 5.41) is 20.0. The zero-order valence-electron chi connectivity index (χ0n) is 19.9. The lowest BCUT2D eigenvalue weighted by atomic mass is 10.2. The van der Waals surface area contributed by atoms with Crippen molar-refractivity contribution < 1.29 is 22.9 Å². The van der Waals surface area contributed by atoms with E-state index in [2.05, 4.69) is 10.2 Å². The van der Waals surface area contributed by atoms with Crippen molar-refractivity contribution in [1.29, 1.82) is 0 Å². The van der Waals surface area contributed by atoms with Gasteiger partial charge in [0.15, 0.2) is 0 Å². The first-order chi connectivity index (χ1) is 16.6. The summed E-state index contributed by atoms with van der Waals surface area (Å²) < 4.78 is 28.2. The highest BCUT2D eigenvalue weighted by Crippen LogP contribution is 2.29. The highest BCUT2D eigenvalue weighted by Gasteiger charge is 2.21. The Kier molecular flexibility index (Phi) is 11.4. The summed E-state index contributed by atoms with van der Waals surface area (Å²) in [6.45, 7) is 3.54. The van der Waals surface area contributed by atoms with Crippen LogP contribution in [0.2, 0.25) is 0 Å². The van der Waals surface area contributed by atoms with Crippen molar-refractivity contribution in [1.82, 2.24) is 4.90 Å². The molecule has 0 spiro atoms. The smallest absolute Gasteiger partial charge is 0.305 e. The number of esters is 1. The number of rotatable bonds is 15. The van der Waals surface area contributed by atoms with Gasteiger partial charge in [-0.05, 0) is 64.2 Å². The van der Waals surface area contributed by atoms with Crippen LogP contribution in [0.5, 0.6) is 0 Å². The van der Waals surface area contributed by atoms with Crippen LogP contribution in [-0.4, -0.2) is 62.7 Å². The second-order valence-corrected chi connectivity index (χ2v) is 10.6. The summed E-state index contributed by atoms with van der Waals surface area (Å²) in [5.41, 5.74) is -0.125. The predicted molar refractivity (Wildman–Crippen MR) is 137 cm³/mol. The van der Waals surface area contributed by atoms with Crippen LogP contribution in [0.15, 0.2) is 58.3 Å². The number of nitrogens with zero attached hydrogens (tertiary/aromatic N) is 2. The Morgan fingerprint density at radius 1 is 1.23 bits per heavy atom. The Bertz CT molecular complexity index is 1080. The number of benzene rings is 2. The number of primary sulfonamides is 1. The number of nitrogens with two attached hydrogens (primary N) is 1. The van der Waals surface area contributed by atoms with E-state index in [9.17, 15) is 23.3 Å². The number of nitrogens with one attached hydrogen (secondary N) is 1. The summed E-state index contributed by atoms with van der Waals surface area (Å²) >= 11 is 1.62. The first-order valence-corrected chi connectivity index (χ1v) is 13.7. The number of thioether (sulfide) groups is 1. The number of carbonyl (C=O) groups is 1. The summed E-state index contributed by atoms with van der Waals surface area (Å²) in [7, 11) is -2.11. The van der Waals surface area contributed by atoms with Crippen molar-refractivity contribution in [3.05, 3.63) is 58.6 Å². The van der Waals surface area contributed by atoms with Gasteiger partial charge in [0.2, 0.25) is 10.0 Å². The summed E-state index contributed by atoms with van der Waals surface area (Å²) in [6.07, 6.45) is 1.70. The molecule has 0 radical (unpaired) electrons. The Hall–Kier alpha value is -2.67. The molecule has 0 heterocycles. The minimum Gasteiger partial charge on any atom is -0.466 e. The summed E-state index contributed by atoms with van der Waals surface area (Å²) in [5.74, 6) is 0.421. The Morgan fingerprint density at radius 2 is 1.94 bits per heavy atom. The van der Waals surface area contributed by atoms with E-state index in [1.54, 1.807) is 18.7 Å². The molecule has 0 saturated heterocycles. The molecule has 2 aromatic carbocycles. The first-order valence-electron chi connectivity index (χ1n) is 11.2. The normalized spacial score (nSPS) is 12.3. The number of hydrogen-bond donors (Lipinski definition) is 2. The van der Waals surface area contributed by atoms with E-state index in [0.717, 1.165) is 11.0 Å². The number of ether oxygens (including phenoxy) is 1. The van der Waals surface area contributed by atoms with Gasteiger partial charge < -0.3 is 15.0 Å². The SMILES string of the molecule is CCOC(=O)CCCN(C)CCC(CSc1ccccc1)Nc1ccc(S(N)(=O)=O)cc1[N+](=O)[O-]. The topological polar surface area (TPSA) is 145 Å². The average Bonchev–Trinajstić information content (AvgIpc) is 2.81. The maximum atomic E-state index is 11.6. The van der Waals surface area contributed by atoms with Gasteiger partial charge in [-0.15, -0.1) is 11.8 Å². The Morgan fingerprint density at radius 3 is 2.57 bits per heavy atom. The molecule has 0 fully saturated rings. The van der Waals surface area contributed by atoms with Gasteiger partial charge in [-0.3, -0.25) is 14.9 Å². The molecule has 0 aliphatic carbocycles. The third kappa shape index (κ3) is 10.2. The van der Waals surface area contributed by atoms with Crippen LogP contribution in [-0.2, 0) is 19.6 Å². The lowest BCUT2D eigenvalue weighted by molar-refractivity contribution is -0.384. The van der Waals surface area contributed by atoms with Gasteiger partial charge in [0.05, 0.1) is 16.4 Å². The van der Waals surface area contributed by atoms with Crippen molar-refractivity contribution >= 4 is 39.1 Å². The lowest BCUT2D eigenvalue weighted by Gasteiger charge is -2.23. The molecule has 0 aliphatic rings. The van der Waals surface area contributed by atoms with Gasteiger partial charge in [-0.1, -0.05) is 18.2 Å². The largest absolute Gasteiger partial charge is 0.466 e. The highest BCUT2D eigenvalue weighted by molar-refractivity contribution is 7.99. The number of nitro groups is 1. The number of sulfonamides is 1. The van der Waals surface area contributed by atoms with Crippen LogP contribution in [0.3, 0.4) is 0 Å². The van der Waals surface area contributed by atoms with Crippen molar-refractivity contribution in [2.45, 2.75) is 42.0 Å². The van der Waals surface area contributed by atoms with Gasteiger partial charge in [-0.2, -0.15) is 0 Å². The number of carbonyl (C=O) groups excluding carboxylic acids is 1. The Balaban J connectivity index is 2.09. The third-order valence-electron chi connectivity index (χ3n) is 5.13. The monoisotopic (exact) mass is 524 g/mol. The van der Waals surface area contributed by atoms with E-state index < -0.39 is 14.9 Å². The molecule has 35 heavy (non-hydrogen) atoms. The quantitative estimate of drug-likeness (QED) is 0.155. The average molecular weight is 525 g/mol. The fourth-order valence-corrected chi connectivity index (χ4v) is 4.83. The zero-order valence-corrected chi connectivity index (χ0v) is 21.5. The van der Waals surface area contributed by atoms with Crippen LogP contribution < -0.4 is 10.5 Å². The van der Waals surface area contributed by atoms with E-state index in [1.807, 2.05) is 37.4 Å². The minimum absolute atomic E-state index is 0.147. The van der Waals surface area contributed by atoms with Gasteiger partial charge in [0, 0.05) is 29.2 Å².